The highest BCUT2D eigenvalue weighted by atomic mass is 127. The molecule has 1 amide bonds. The molecule has 31 heavy (non-hydrogen) atoms. The van der Waals surface area contributed by atoms with Gasteiger partial charge in [-0.25, -0.2) is 4.68 Å². The van der Waals surface area contributed by atoms with Crippen LogP contribution in [0.5, 0.6) is 0 Å². The maximum atomic E-state index is 11.8. The van der Waals surface area contributed by atoms with Crippen molar-refractivity contribution in [2.75, 3.05) is 27.7 Å². The van der Waals surface area contributed by atoms with E-state index in [4.69, 9.17) is 0 Å². The fraction of sp³-hybridized carbons (Fsp3) is 0.261. The van der Waals surface area contributed by atoms with Crippen molar-refractivity contribution in [1.82, 2.24) is 25.3 Å². The van der Waals surface area contributed by atoms with Gasteiger partial charge < -0.3 is 15.5 Å². The van der Waals surface area contributed by atoms with Gasteiger partial charge in [-0.15, -0.1) is 24.0 Å². The van der Waals surface area contributed by atoms with Crippen molar-refractivity contribution in [1.29, 1.82) is 0 Å². The van der Waals surface area contributed by atoms with Gasteiger partial charge in [0.15, 0.2) is 5.96 Å². The third kappa shape index (κ3) is 6.81. The summed E-state index contributed by atoms with van der Waals surface area (Å²) in [4.78, 5) is 18.2. The molecular weight excluding hydrogens is 503 g/mol. The number of para-hydroxylation sites is 1. The number of amides is 1. The highest BCUT2D eigenvalue weighted by Crippen LogP contribution is 2.09. The number of benzene rings is 2. The molecule has 1 aromatic heterocycles. The molecule has 2 aromatic carbocycles. The summed E-state index contributed by atoms with van der Waals surface area (Å²) < 4.78 is 1.87. The standard InChI is InChI=1S/C23H28N6O.HI/c1-24-22(30)20-9-7-8-18(14-20)12-13-26-23(25-2)28(3)16-19-15-27-29(17-19)21-10-5-4-6-11-21;/h4-11,14-15,17H,12-13,16H2,1-3H3,(H,24,30)(H,25,26);1H. The lowest BCUT2D eigenvalue weighted by Crippen LogP contribution is -2.39. The number of hydrogen-bond donors (Lipinski definition) is 2. The van der Waals surface area contributed by atoms with Crippen LogP contribution < -0.4 is 10.6 Å². The van der Waals surface area contributed by atoms with Crippen LogP contribution in [0.1, 0.15) is 21.5 Å². The molecule has 0 bridgehead atoms. The van der Waals surface area contributed by atoms with Crippen LogP contribution in [-0.2, 0) is 13.0 Å². The number of nitrogens with one attached hydrogen (secondary N) is 2. The number of carbonyl (C=O) groups is 1. The van der Waals surface area contributed by atoms with Crippen molar-refractivity contribution in [3.63, 3.8) is 0 Å². The Balaban J connectivity index is 0.00000341. The second kappa shape index (κ2) is 12.1. The van der Waals surface area contributed by atoms with Gasteiger partial charge in [-0.1, -0.05) is 30.3 Å². The molecule has 8 heteroatoms. The van der Waals surface area contributed by atoms with Crippen molar-refractivity contribution in [2.24, 2.45) is 4.99 Å². The molecular formula is C23H29IN6O. The Bertz CT molecular complexity index is 1000. The minimum Gasteiger partial charge on any atom is -0.356 e. The zero-order chi connectivity index (χ0) is 21.3. The summed E-state index contributed by atoms with van der Waals surface area (Å²) in [7, 11) is 5.42. The molecule has 0 fully saturated rings. The van der Waals surface area contributed by atoms with E-state index in [2.05, 4.69) is 25.6 Å². The lowest BCUT2D eigenvalue weighted by Gasteiger charge is -2.21. The van der Waals surface area contributed by atoms with Gasteiger partial charge in [0.2, 0.25) is 0 Å². The summed E-state index contributed by atoms with van der Waals surface area (Å²) in [5.41, 5.74) is 3.91. The predicted octanol–water partition coefficient (Wildman–Crippen LogP) is 3.10. The molecule has 0 aliphatic heterocycles. The maximum Gasteiger partial charge on any atom is 0.251 e. The molecule has 1 heterocycles. The topological polar surface area (TPSA) is 74.6 Å². The minimum absolute atomic E-state index is 0. The number of aliphatic imine (C=N–C) groups is 1. The molecule has 3 aromatic rings. The molecule has 3 rings (SSSR count). The normalized spacial score (nSPS) is 10.9. The first-order valence-corrected chi connectivity index (χ1v) is 9.92. The van der Waals surface area contributed by atoms with Crippen molar-refractivity contribution in [3.8, 4) is 5.69 Å². The van der Waals surface area contributed by atoms with E-state index in [0.717, 1.165) is 35.7 Å². The number of nitrogens with zero attached hydrogens (tertiary/aromatic N) is 4. The Kier molecular flexibility index (Phi) is 9.51. The number of rotatable bonds is 7. The molecule has 0 saturated carbocycles. The zero-order valence-corrected chi connectivity index (χ0v) is 20.4. The number of aromatic nitrogens is 2. The van der Waals surface area contributed by atoms with Crippen molar-refractivity contribution in [2.45, 2.75) is 13.0 Å². The second-order valence-electron chi connectivity index (χ2n) is 6.99. The monoisotopic (exact) mass is 532 g/mol. The van der Waals surface area contributed by atoms with E-state index in [1.54, 1.807) is 14.1 Å². The Morgan fingerprint density at radius 2 is 1.90 bits per heavy atom. The van der Waals surface area contributed by atoms with Gasteiger partial charge in [0.05, 0.1) is 11.9 Å². The molecule has 7 nitrogen and oxygen atoms in total. The Morgan fingerprint density at radius 1 is 1.13 bits per heavy atom. The molecule has 164 valence electrons. The largest absolute Gasteiger partial charge is 0.356 e. The van der Waals surface area contributed by atoms with Gasteiger partial charge in [0.25, 0.3) is 5.91 Å². The van der Waals surface area contributed by atoms with Crippen LogP contribution in [0.2, 0.25) is 0 Å². The van der Waals surface area contributed by atoms with E-state index in [1.165, 1.54) is 0 Å². The fourth-order valence-corrected chi connectivity index (χ4v) is 3.23. The van der Waals surface area contributed by atoms with Gasteiger partial charge >= 0.3 is 0 Å². The number of halogens is 1. The lowest BCUT2D eigenvalue weighted by molar-refractivity contribution is 0.0963. The molecule has 0 aliphatic rings. The average Bonchev–Trinajstić information content (AvgIpc) is 3.25. The first kappa shape index (κ1) is 24.4. The highest BCUT2D eigenvalue weighted by Gasteiger charge is 2.09. The van der Waals surface area contributed by atoms with Crippen LogP contribution in [-0.4, -0.2) is 54.2 Å². The maximum absolute atomic E-state index is 11.8. The van der Waals surface area contributed by atoms with Crippen LogP contribution in [0.3, 0.4) is 0 Å². The second-order valence-corrected chi connectivity index (χ2v) is 6.99. The van der Waals surface area contributed by atoms with Crippen LogP contribution >= 0.6 is 24.0 Å². The molecule has 2 N–H and O–H groups in total. The Morgan fingerprint density at radius 3 is 2.61 bits per heavy atom. The van der Waals surface area contributed by atoms with Gasteiger partial charge in [-0.3, -0.25) is 9.79 Å². The summed E-state index contributed by atoms with van der Waals surface area (Å²) >= 11 is 0. The van der Waals surface area contributed by atoms with Gasteiger partial charge in [0.1, 0.15) is 0 Å². The molecule has 0 aliphatic carbocycles. The Labute approximate surface area is 200 Å². The smallest absolute Gasteiger partial charge is 0.251 e. The third-order valence-corrected chi connectivity index (χ3v) is 4.76. The van der Waals surface area contributed by atoms with Gasteiger partial charge in [0, 0.05) is 51.6 Å². The SMILES string of the molecule is CN=C(NCCc1cccc(C(=O)NC)c1)N(C)Cc1cnn(-c2ccccc2)c1.I. The Hall–Kier alpha value is -2.88. The van der Waals surface area contributed by atoms with E-state index in [0.29, 0.717) is 12.1 Å². The van der Waals surface area contributed by atoms with Crippen LogP contribution in [0.4, 0.5) is 0 Å². The molecule has 0 radical (unpaired) electrons. The van der Waals surface area contributed by atoms with Crippen molar-refractivity contribution >= 4 is 35.8 Å². The number of carbonyl (C=O) groups excluding carboxylic acids is 1. The summed E-state index contributed by atoms with van der Waals surface area (Å²) in [6.07, 6.45) is 4.70. The third-order valence-electron chi connectivity index (χ3n) is 4.76. The predicted molar refractivity (Wildman–Crippen MR) is 135 cm³/mol. The van der Waals surface area contributed by atoms with Crippen LogP contribution in [0.15, 0.2) is 72.0 Å². The number of hydrogen-bond acceptors (Lipinski definition) is 3. The molecule has 0 spiro atoms. The summed E-state index contributed by atoms with van der Waals surface area (Å²) in [6, 6.07) is 17.7. The van der Waals surface area contributed by atoms with Crippen molar-refractivity contribution in [3.05, 3.63) is 83.7 Å². The first-order chi connectivity index (χ1) is 14.6. The van der Waals surface area contributed by atoms with E-state index in [-0.39, 0.29) is 29.9 Å². The van der Waals surface area contributed by atoms with Gasteiger partial charge in [-0.05, 0) is 36.2 Å². The van der Waals surface area contributed by atoms with Crippen LogP contribution in [0.25, 0.3) is 5.69 Å². The quantitative estimate of drug-likeness (QED) is 0.279. The van der Waals surface area contributed by atoms with E-state index >= 15 is 0 Å². The zero-order valence-electron chi connectivity index (χ0n) is 18.1. The van der Waals surface area contributed by atoms with E-state index in [1.807, 2.05) is 78.7 Å². The van der Waals surface area contributed by atoms with E-state index in [9.17, 15) is 4.79 Å². The highest BCUT2D eigenvalue weighted by molar-refractivity contribution is 14.0. The summed E-state index contributed by atoms with van der Waals surface area (Å²) in [5, 5.41) is 10.5. The average molecular weight is 532 g/mol. The van der Waals surface area contributed by atoms with Crippen LogP contribution in [0, 0.1) is 0 Å². The summed E-state index contributed by atoms with van der Waals surface area (Å²) in [6.45, 7) is 1.41. The van der Waals surface area contributed by atoms with Gasteiger partial charge in [-0.2, -0.15) is 5.10 Å². The molecule has 0 unspecified atom stereocenters. The van der Waals surface area contributed by atoms with E-state index < -0.39 is 0 Å². The fourth-order valence-electron chi connectivity index (χ4n) is 3.23. The van der Waals surface area contributed by atoms with Crippen molar-refractivity contribution < 1.29 is 4.79 Å². The number of guanidine groups is 1. The molecule has 0 saturated heterocycles. The molecule has 0 atom stereocenters. The first-order valence-electron chi connectivity index (χ1n) is 9.92. The lowest BCUT2D eigenvalue weighted by atomic mass is 10.1. The minimum atomic E-state index is -0.0728. The summed E-state index contributed by atoms with van der Waals surface area (Å²) in [5.74, 6) is 0.737.